The van der Waals surface area contributed by atoms with Crippen LogP contribution in [0.4, 0.5) is 0 Å². The molecule has 2 aliphatic rings. The first-order chi connectivity index (χ1) is 15.0. The maximum absolute atomic E-state index is 13.5. The number of sulfonamides is 1. The highest BCUT2D eigenvalue weighted by Crippen LogP contribution is 2.37. The predicted octanol–water partition coefficient (Wildman–Crippen LogP) is 4.51. The molecule has 6 nitrogen and oxygen atoms in total. The number of nitrogens with zero attached hydrogens (tertiary/aromatic N) is 3. The first kappa shape index (κ1) is 21.1. The van der Waals surface area contributed by atoms with Gasteiger partial charge in [0.2, 0.25) is 5.91 Å². The van der Waals surface area contributed by atoms with Gasteiger partial charge in [-0.25, -0.2) is 13.4 Å². The largest absolute Gasteiger partial charge is 0.333 e. The van der Waals surface area contributed by atoms with Gasteiger partial charge in [-0.2, -0.15) is 4.31 Å². The van der Waals surface area contributed by atoms with Gasteiger partial charge in [0.1, 0.15) is 9.22 Å². The van der Waals surface area contributed by atoms with Crippen LogP contribution >= 0.6 is 22.7 Å². The smallest absolute Gasteiger partial charge is 0.252 e. The predicted molar refractivity (Wildman–Crippen MR) is 124 cm³/mol. The Kier molecular flexibility index (Phi) is 5.85. The van der Waals surface area contributed by atoms with Crippen LogP contribution in [0.15, 0.2) is 46.0 Å². The molecule has 4 heterocycles. The van der Waals surface area contributed by atoms with Crippen LogP contribution in [0.25, 0.3) is 10.2 Å². The second-order valence-corrected chi connectivity index (χ2v) is 12.3. The second-order valence-electron chi connectivity index (χ2n) is 8.17. The van der Waals surface area contributed by atoms with Crippen molar-refractivity contribution in [2.45, 2.75) is 42.4 Å². The first-order valence-corrected chi connectivity index (χ1v) is 13.9. The molecule has 1 amide bonds. The van der Waals surface area contributed by atoms with Gasteiger partial charge in [-0.05, 0) is 55.7 Å². The highest BCUT2D eigenvalue weighted by atomic mass is 32.2. The summed E-state index contributed by atoms with van der Waals surface area (Å²) >= 11 is 2.92. The van der Waals surface area contributed by atoms with Crippen LogP contribution < -0.4 is 0 Å². The van der Waals surface area contributed by atoms with E-state index in [1.165, 1.54) is 15.6 Å². The van der Waals surface area contributed by atoms with Crippen molar-refractivity contribution in [3.05, 3.63) is 46.8 Å². The lowest BCUT2D eigenvalue weighted by Crippen LogP contribution is -2.46. The summed E-state index contributed by atoms with van der Waals surface area (Å²) in [5, 5.41) is 2.80. The van der Waals surface area contributed by atoms with Crippen LogP contribution in [0.3, 0.4) is 0 Å². The molecule has 0 saturated carbocycles. The summed E-state index contributed by atoms with van der Waals surface area (Å²) in [7, 11) is -3.44. The van der Waals surface area contributed by atoms with E-state index in [1.807, 2.05) is 23.1 Å². The van der Waals surface area contributed by atoms with Gasteiger partial charge in [0.15, 0.2) is 0 Å². The Morgan fingerprint density at radius 2 is 1.81 bits per heavy atom. The maximum atomic E-state index is 13.5. The molecule has 0 N–H and O–H groups in total. The van der Waals surface area contributed by atoms with Crippen molar-refractivity contribution in [1.29, 1.82) is 0 Å². The van der Waals surface area contributed by atoms with Crippen LogP contribution in [0.2, 0.25) is 0 Å². The zero-order chi connectivity index (χ0) is 21.4. The summed E-state index contributed by atoms with van der Waals surface area (Å²) in [6, 6.07) is 11.6. The number of likely N-dealkylation sites (tertiary alicyclic amines) is 1. The van der Waals surface area contributed by atoms with Crippen molar-refractivity contribution in [1.82, 2.24) is 14.2 Å². The Labute approximate surface area is 190 Å². The van der Waals surface area contributed by atoms with Gasteiger partial charge in [0.05, 0.1) is 16.3 Å². The highest BCUT2D eigenvalue weighted by Gasteiger charge is 2.37. The van der Waals surface area contributed by atoms with Crippen LogP contribution in [-0.2, 0) is 14.8 Å². The fraction of sp³-hybridized carbons (Fsp3) is 0.455. The van der Waals surface area contributed by atoms with E-state index in [-0.39, 0.29) is 17.9 Å². The molecule has 1 aromatic carbocycles. The number of benzene rings is 1. The third kappa shape index (κ3) is 4.04. The monoisotopic (exact) mass is 475 g/mol. The molecule has 2 saturated heterocycles. The van der Waals surface area contributed by atoms with Crippen molar-refractivity contribution in [2.24, 2.45) is 5.92 Å². The lowest BCUT2D eigenvalue weighted by Gasteiger charge is -2.39. The Morgan fingerprint density at radius 3 is 2.55 bits per heavy atom. The standard InChI is InChI=1S/C22H25N3O3S3/c26-22(16-10-13-24(14-11-16)31(27,28)20-9-5-15-29-20)25-12-4-3-7-18(25)21-23-17-6-1-2-8-19(17)30-21/h1-2,5-6,8-9,15-16,18H,3-4,7,10-14H2/t18-/m1/s1. The van der Waals surface area contributed by atoms with Gasteiger partial charge in [-0.1, -0.05) is 18.2 Å². The van der Waals surface area contributed by atoms with Crippen molar-refractivity contribution in [3.8, 4) is 0 Å². The van der Waals surface area contributed by atoms with E-state index in [4.69, 9.17) is 4.98 Å². The number of amides is 1. The summed E-state index contributed by atoms with van der Waals surface area (Å²) < 4.78 is 28.6. The molecule has 3 aromatic rings. The van der Waals surface area contributed by atoms with E-state index in [2.05, 4.69) is 6.07 Å². The molecule has 0 unspecified atom stereocenters. The summed E-state index contributed by atoms with van der Waals surface area (Å²) in [6.07, 6.45) is 4.21. The minimum atomic E-state index is -3.44. The number of piperidine rings is 2. The number of hydrogen-bond acceptors (Lipinski definition) is 6. The highest BCUT2D eigenvalue weighted by molar-refractivity contribution is 7.91. The van der Waals surface area contributed by atoms with E-state index in [1.54, 1.807) is 28.8 Å². The van der Waals surface area contributed by atoms with Gasteiger partial charge in [-0.15, -0.1) is 22.7 Å². The van der Waals surface area contributed by atoms with E-state index < -0.39 is 10.0 Å². The van der Waals surface area contributed by atoms with Crippen molar-refractivity contribution in [2.75, 3.05) is 19.6 Å². The number of hydrogen-bond donors (Lipinski definition) is 0. The summed E-state index contributed by atoms with van der Waals surface area (Å²) in [6.45, 7) is 1.56. The lowest BCUT2D eigenvalue weighted by atomic mass is 9.93. The maximum Gasteiger partial charge on any atom is 0.252 e. The molecule has 2 aliphatic heterocycles. The number of thiazole rings is 1. The number of para-hydroxylation sites is 1. The Hall–Kier alpha value is -1.81. The molecule has 0 bridgehead atoms. The van der Waals surface area contributed by atoms with Crippen LogP contribution in [0.1, 0.15) is 43.2 Å². The number of aromatic nitrogens is 1. The van der Waals surface area contributed by atoms with Crippen molar-refractivity contribution in [3.63, 3.8) is 0 Å². The first-order valence-electron chi connectivity index (χ1n) is 10.7. The lowest BCUT2D eigenvalue weighted by molar-refractivity contribution is -0.140. The molecule has 2 aromatic heterocycles. The van der Waals surface area contributed by atoms with Crippen molar-refractivity contribution >= 4 is 48.8 Å². The molecule has 9 heteroatoms. The third-order valence-electron chi connectivity index (χ3n) is 6.27. The van der Waals surface area contributed by atoms with Gasteiger partial charge in [-0.3, -0.25) is 4.79 Å². The van der Waals surface area contributed by atoms with E-state index in [0.29, 0.717) is 30.1 Å². The van der Waals surface area contributed by atoms with E-state index >= 15 is 0 Å². The fourth-order valence-electron chi connectivity index (χ4n) is 4.60. The van der Waals surface area contributed by atoms with Crippen LogP contribution in [-0.4, -0.2) is 48.1 Å². The van der Waals surface area contributed by atoms with Crippen LogP contribution in [0, 0.1) is 5.92 Å². The summed E-state index contributed by atoms with van der Waals surface area (Å²) in [5.41, 5.74) is 0.993. The number of rotatable bonds is 4. The fourth-order valence-corrected chi connectivity index (χ4v) is 8.33. The van der Waals surface area contributed by atoms with Crippen LogP contribution in [0.5, 0.6) is 0 Å². The Morgan fingerprint density at radius 1 is 1.00 bits per heavy atom. The average molecular weight is 476 g/mol. The minimum Gasteiger partial charge on any atom is -0.333 e. The van der Waals surface area contributed by atoms with E-state index in [0.717, 1.165) is 41.0 Å². The zero-order valence-electron chi connectivity index (χ0n) is 17.1. The third-order valence-corrected chi connectivity index (χ3v) is 10.7. The molecule has 31 heavy (non-hydrogen) atoms. The van der Waals surface area contributed by atoms with Crippen molar-refractivity contribution < 1.29 is 13.2 Å². The molecule has 0 radical (unpaired) electrons. The summed E-state index contributed by atoms with van der Waals surface area (Å²) in [4.78, 5) is 20.3. The van der Waals surface area contributed by atoms with Gasteiger partial charge in [0.25, 0.3) is 10.0 Å². The molecule has 0 spiro atoms. The second kappa shape index (κ2) is 8.61. The molecule has 0 aliphatic carbocycles. The Balaban J connectivity index is 1.30. The quantitative estimate of drug-likeness (QED) is 0.557. The zero-order valence-corrected chi connectivity index (χ0v) is 19.6. The number of fused-ring (bicyclic) bond motifs is 1. The number of carbonyl (C=O) groups excluding carboxylic acids is 1. The van der Waals surface area contributed by atoms with Gasteiger partial charge >= 0.3 is 0 Å². The topological polar surface area (TPSA) is 70.6 Å². The molecular formula is C22H25N3O3S3. The summed E-state index contributed by atoms with van der Waals surface area (Å²) in [5.74, 6) is 0.0434. The molecule has 5 rings (SSSR count). The normalized spacial score (nSPS) is 21.5. The van der Waals surface area contributed by atoms with Gasteiger partial charge in [0, 0.05) is 25.6 Å². The molecular weight excluding hydrogens is 450 g/mol. The Bertz CT molecular complexity index is 1130. The average Bonchev–Trinajstić information content (AvgIpc) is 3.49. The minimum absolute atomic E-state index is 0.0338. The number of thiophene rings is 1. The van der Waals surface area contributed by atoms with E-state index in [9.17, 15) is 13.2 Å². The molecule has 2 fully saturated rings. The van der Waals surface area contributed by atoms with Gasteiger partial charge < -0.3 is 4.90 Å². The molecule has 1 atom stereocenters. The SMILES string of the molecule is O=C(C1CCN(S(=O)(=O)c2cccs2)CC1)N1CCCC[C@@H]1c1nc2ccccc2s1. The molecule has 164 valence electrons. The number of carbonyl (C=O) groups is 1.